The monoisotopic (exact) mass is 680 g/mol. The molecule has 1 N–H and O–H groups in total. The maximum absolute atomic E-state index is 14.4. The number of hydrogen-bond acceptors (Lipinski definition) is 5. The number of benzene rings is 3. The minimum Gasteiger partial charge on any atom is -0.489 e. The number of carboxylic acid groups (broad SMARTS) is 1. The van der Waals surface area contributed by atoms with Crippen LogP contribution in [0.25, 0.3) is 0 Å². The Hall–Kier alpha value is -4.01. The zero-order valence-electron chi connectivity index (χ0n) is 30.0. The third-order valence-corrected chi connectivity index (χ3v) is 11.1. The molecule has 1 aromatic heterocycles. The summed E-state index contributed by atoms with van der Waals surface area (Å²) in [5.41, 5.74) is 5.84. The van der Waals surface area contributed by atoms with Gasteiger partial charge in [0.2, 0.25) is 0 Å². The van der Waals surface area contributed by atoms with Crippen LogP contribution in [0.1, 0.15) is 86.4 Å². The second-order valence-corrected chi connectivity index (χ2v) is 14.8. The van der Waals surface area contributed by atoms with Crippen molar-refractivity contribution in [2.24, 2.45) is 11.8 Å². The minimum atomic E-state index is -0.771. The topological polar surface area (TPSA) is 70.8 Å². The van der Waals surface area contributed by atoms with Crippen LogP contribution in [0.4, 0.5) is 4.39 Å². The smallest absolute Gasteiger partial charge is 0.321 e. The van der Waals surface area contributed by atoms with Gasteiger partial charge in [-0.2, -0.15) is 5.10 Å². The maximum atomic E-state index is 14.4. The van der Waals surface area contributed by atoms with Crippen LogP contribution in [0.3, 0.4) is 0 Å². The molecule has 0 bridgehead atoms. The van der Waals surface area contributed by atoms with Crippen LogP contribution in [0.2, 0.25) is 0 Å². The highest BCUT2D eigenvalue weighted by atomic mass is 19.1. The lowest BCUT2D eigenvalue weighted by atomic mass is 9.87. The zero-order valence-corrected chi connectivity index (χ0v) is 30.0. The van der Waals surface area contributed by atoms with Gasteiger partial charge in [0.1, 0.15) is 24.2 Å². The van der Waals surface area contributed by atoms with E-state index < -0.39 is 12.0 Å². The average molecular weight is 681 g/mol. The Bertz CT molecular complexity index is 1680. The highest BCUT2D eigenvalue weighted by Gasteiger charge is 2.42. The molecule has 3 aromatic carbocycles. The molecule has 8 heteroatoms. The Labute approximate surface area is 297 Å². The highest BCUT2D eigenvalue weighted by molar-refractivity contribution is 5.73. The molecule has 6 rings (SSSR count). The van der Waals surface area contributed by atoms with E-state index >= 15 is 0 Å². The summed E-state index contributed by atoms with van der Waals surface area (Å²) in [7, 11) is 1.96. The van der Waals surface area contributed by atoms with Crippen molar-refractivity contribution in [2.45, 2.75) is 89.9 Å². The lowest BCUT2D eigenvalue weighted by molar-refractivity contribution is -0.145. The van der Waals surface area contributed by atoms with Crippen molar-refractivity contribution in [3.8, 4) is 5.75 Å². The third-order valence-electron chi connectivity index (χ3n) is 11.1. The maximum Gasteiger partial charge on any atom is 0.321 e. The molecule has 1 aliphatic carbocycles. The summed E-state index contributed by atoms with van der Waals surface area (Å²) in [4.78, 5) is 16.8. The molecule has 3 unspecified atom stereocenters. The molecule has 1 aliphatic heterocycles. The quantitative estimate of drug-likeness (QED) is 0.146. The Balaban J connectivity index is 1.07. The van der Waals surface area contributed by atoms with E-state index in [2.05, 4.69) is 51.7 Å². The molecule has 0 radical (unpaired) electrons. The van der Waals surface area contributed by atoms with Crippen LogP contribution < -0.4 is 4.74 Å². The van der Waals surface area contributed by atoms with Crippen molar-refractivity contribution < 1.29 is 19.0 Å². The summed E-state index contributed by atoms with van der Waals surface area (Å²) in [5.74, 6) is 0.895. The molecule has 0 spiro atoms. The molecule has 1 saturated heterocycles. The van der Waals surface area contributed by atoms with Gasteiger partial charge in [0.25, 0.3) is 0 Å². The SMILES string of the molecule is CCn1nc(Cc2ccc(OCc3ccccc3)cc2)cc1C1CCN(CC2CC(N(C)[C@@H](C(=O)O)C(C)C)CC2c2cccc(F)c2)CC1. The predicted molar refractivity (Wildman–Crippen MR) is 196 cm³/mol. The lowest BCUT2D eigenvalue weighted by Crippen LogP contribution is -2.47. The van der Waals surface area contributed by atoms with Gasteiger partial charge in [0.05, 0.1) is 5.69 Å². The second kappa shape index (κ2) is 16.3. The van der Waals surface area contributed by atoms with Gasteiger partial charge in [0.15, 0.2) is 0 Å². The van der Waals surface area contributed by atoms with E-state index in [4.69, 9.17) is 9.84 Å². The molecule has 2 heterocycles. The van der Waals surface area contributed by atoms with Crippen molar-refractivity contribution in [1.82, 2.24) is 19.6 Å². The Kier molecular flexibility index (Phi) is 11.7. The van der Waals surface area contributed by atoms with Crippen molar-refractivity contribution in [3.63, 3.8) is 0 Å². The third kappa shape index (κ3) is 8.64. The molecule has 4 atom stereocenters. The summed E-state index contributed by atoms with van der Waals surface area (Å²) < 4.78 is 22.6. The summed E-state index contributed by atoms with van der Waals surface area (Å²) in [6, 6.07) is 27.5. The molecule has 4 aromatic rings. The fourth-order valence-corrected chi connectivity index (χ4v) is 8.48. The first-order valence-corrected chi connectivity index (χ1v) is 18.4. The van der Waals surface area contributed by atoms with Crippen LogP contribution in [-0.2, 0) is 24.4 Å². The van der Waals surface area contributed by atoms with Gasteiger partial charge in [-0.15, -0.1) is 0 Å². The fourth-order valence-electron chi connectivity index (χ4n) is 8.48. The molecular formula is C42H53FN4O3. The highest BCUT2D eigenvalue weighted by Crippen LogP contribution is 2.43. The molecule has 2 fully saturated rings. The van der Waals surface area contributed by atoms with Gasteiger partial charge in [-0.1, -0.05) is 68.4 Å². The van der Waals surface area contributed by atoms with E-state index in [1.807, 2.05) is 57.3 Å². The van der Waals surface area contributed by atoms with E-state index in [-0.39, 0.29) is 23.7 Å². The Morgan fingerprint density at radius 3 is 2.38 bits per heavy atom. The first-order valence-electron chi connectivity index (χ1n) is 18.4. The number of piperidine rings is 1. The van der Waals surface area contributed by atoms with Crippen LogP contribution in [0, 0.1) is 17.7 Å². The molecular weight excluding hydrogens is 627 g/mol. The number of aryl methyl sites for hydroxylation is 1. The van der Waals surface area contributed by atoms with Gasteiger partial charge in [-0.05, 0) is 118 Å². The van der Waals surface area contributed by atoms with E-state index in [0.717, 1.165) is 80.9 Å². The normalized spacial score (nSPS) is 20.8. The molecule has 2 aliphatic rings. The number of likely N-dealkylation sites (N-methyl/N-ethyl adjacent to an activating group) is 1. The van der Waals surface area contributed by atoms with Crippen LogP contribution in [0.5, 0.6) is 5.75 Å². The first-order chi connectivity index (χ1) is 24.2. The number of hydrogen-bond donors (Lipinski definition) is 1. The first kappa shape index (κ1) is 35.8. The number of carboxylic acids is 1. The number of carbonyl (C=O) groups is 1. The molecule has 1 saturated carbocycles. The number of nitrogens with zero attached hydrogens (tertiary/aromatic N) is 4. The largest absolute Gasteiger partial charge is 0.489 e. The summed E-state index contributed by atoms with van der Waals surface area (Å²) >= 11 is 0. The number of ether oxygens (including phenoxy) is 1. The summed E-state index contributed by atoms with van der Waals surface area (Å²) in [6.45, 7) is 10.5. The standard InChI is InChI=1S/C42H53FN4O3/c1-5-47-40(25-36(44-47)22-30-14-16-38(17-15-30)50-28-31-10-7-6-8-11-31)32-18-20-46(21-19-32)27-34-24-37(45(4)41(29(2)3)42(48)49)26-39(34)33-12-9-13-35(43)23-33/h6-17,23,25,29,32,34,37,39,41H,5,18-22,24,26-28H2,1-4H3,(H,48,49)/t34?,37?,39?,41-/m1/s1. The van der Waals surface area contributed by atoms with Gasteiger partial charge in [-0.3, -0.25) is 14.4 Å². The molecule has 50 heavy (non-hydrogen) atoms. The predicted octanol–water partition coefficient (Wildman–Crippen LogP) is 7.99. The average Bonchev–Trinajstić information content (AvgIpc) is 3.73. The van der Waals surface area contributed by atoms with Crippen molar-refractivity contribution in [2.75, 3.05) is 26.7 Å². The number of rotatable bonds is 14. The van der Waals surface area contributed by atoms with E-state index in [1.165, 1.54) is 17.3 Å². The van der Waals surface area contributed by atoms with Gasteiger partial charge in [-0.25, -0.2) is 4.39 Å². The number of halogens is 1. The van der Waals surface area contributed by atoms with E-state index in [1.54, 1.807) is 12.1 Å². The van der Waals surface area contributed by atoms with Crippen LogP contribution in [0.15, 0.2) is 84.9 Å². The van der Waals surface area contributed by atoms with Gasteiger partial charge >= 0.3 is 5.97 Å². The van der Waals surface area contributed by atoms with Gasteiger partial charge < -0.3 is 14.7 Å². The molecule has 7 nitrogen and oxygen atoms in total. The van der Waals surface area contributed by atoms with Crippen LogP contribution >= 0.6 is 0 Å². The van der Waals surface area contributed by atoms with Crippen molar-refractivity contribution >= 4 is 5.97 Å². The van der Waals surface area contributed by atoms with E-state index in [0.29, 0.717) is 18.4 Å². The minimum absolute atomic E-state index is 0.00517. The Morgan fingerprint density at radius 1 is 0.980 bits per heavy atom. The van der Waals surface area contributed by atoms with Crippen molar-refractivity contribution in [1.29, 1.82) is 0 Å². The number of aromatic nitrogens is 2. The zero-order chi connectivity index (χ0) is 35.2. The molecule has 266 valence electrons. The van der Waals surface area contributed by atoms with Crippen LogP contribution in [-0.4, -0.2) is 69.4 Å². The number of aliphatic carboxylic acids is 1. The summed E-state index contributed by atoms with van der Waals surface area (Å²) in [6.07, 6.45) is 4.71. The summed E-state index contributed by atoms with van der Waals surface area (Å²) in [5, 5.41) is 15.0. The Morgan fingerprint density at radius 2 is 1.72 bits per heavy atom. The second-order valence-electron chi connectivity index (χ2n) is 14.8. The number of likely N-dealkylation sites (tertiary alicyclic amines) is 1. The molecule has 0 amide bonds. The van der Waals surface area contributed by atoms with Crippen molar-refractivity contribution in [3.05, 3.63) is 119 Å². The van der Waals surface area contributed by atoms with E-state index in [9.17, 15) is 14.3 Å². The lowest BCUT2D eigenvalue weighted by Gasteiger charge is -2.35. The fraction of sp³-hybridized carbons (Fsp3) is 0.476. The van der Waals surface area contributed by atoms with Gasteiger partial charge in [0, 0.05) is 37.2 Å².